The van der Waals surface area contributed by atoms with Gasteiger partial charge in [-0.25, -0.2) is 0 Å². The lowest BCUT2D eigenvalue weighted by Crippen LogP contribution is -2.30. The van der Waals surface area contributed by atoms with Gasteiger partial charge in [-0.15, -0.1) is 0 Å². The van der Waals surface area contributed by atoms with Crippen LogP contribution in [0, 0.1) is 17.0 Å². The van der Waals surface area contributed by atoms with Crippen molar-refractivity contribution in [1.82, 2.24) is 5.16 Å². The predicted molar refractivity (Wildman–Crippen MR) is 74.1 cm³/mol. The van der Waals surface area contributed by atoms with Gasteiger partial charge in [-0.3, -0.25) is 14.9 Å². The highest BCUT2D eigenvalue weighted by Gasteiger charge is 2.27. The number of non-ortho nitro benzene ring substituents is 1. The van der Waals surface area contributed by atoms with Crippen LogP contribution in [0.3, 0.4) is 0 Å². The molecule has 2 aromatic rings. The molecule has 7 nitrogen and oxygen atoms in total. The molecule has 1 aromatic carbocycles. The number of amides is 1. The normalized spacial score (nSPS) is 13.3. The third-order valence-electron chi connectivity index (χ3n) is 3.49. The minimum atomic E-state index is -0.456. The first-order chi connectivity index (χ1) is 10.0. The molecular formula is C14H13N3O4. The van der Waals surface area contributed by atoms with Gasteiger partial charge in [-0.2, -0.15) is 0 Å². The minimum Gasteiger partial charge on any atom is -0.361 e. The topological polar surface area (TPSA) is 89.5 Å². The Morgan fingerprint density at radius 1 is 1.48 bits per heavy atom. The molecule has 0 atom stereocenters. The Hall–Kier alpha value is -2.70. The van der Waals surface area contributed by atoms with Gasteiger partial charge in [0, 0.05) is 24.7 Å². The van der Waals surface area contributed by atoms with Crippen molar-refractivity contribution in [2.45, 2.75) is 19.8 Å². The number of nitrogens with zero attached hydrogens (tertiary/aromatic N) is 3. The van der Waals surface area contributed by atoms with Crippen LogP contribution in [-0.4, -0.2) is 22.5 Å². The lowest BCUT2D eigenvalue weighted by molar-refractivity contribution is -0.384. The van der Waals surface area contributed by atoms with Crippen LogP contribution in [-0.2, 0) is 17.6 Å². The van der Waals surface area contributed by atoms with Crippen LogP contribution in [0.4, 0.5) is 11.4 Å². The molecule has 0 spiro atoms. The highest BCUT2D eigenvalue weighted by molar-refractivity contribution is 5.96. The molecule has 0 aliphatic carbocycles. The Kier molecular flexibility index (Phi) is 3.17. The van der Waals surface area contributed by atoms with E-state index in [0.717, 1.165) is 5.56 Å². The summed E-state index contributed by atoms with van der Waals surface area (Å²) in [5.41, 5.74) is 2.13. The molecule has 108 valence electrons. The molecule has 3 rings (SSSR count). The molecule has 0 unspecified atom stereocenters. The SMILES string of the molecule is Cc1cc(CC(=O)N2CCc3ccc([N+](=O)[O-])cc32)no1. The first kappa shape index (κ1) is 13.3. The maximum atomic E-state index is 12.3. The number of benzene rings is 1. The maximum absolute atomic E-state index is 12.3. The van der Waals surface area contributed by atoms with Gasteiger partial charge < -0.3 is 9.42 Å². The Morgan fingerprint density at radius 2 is 2.29 bits per heavy atom. The fourth-order valence-corrected chi connectivity index (χ4v) is 2.49. The van der Waals surface area contributed by atoms with E-state index in [2.05, 4.69) is 5.16 Å². The zero-order valence-corrected chi connectivity index (χ0v) is 11.4. The molecule has 0 fully saturated rings. The quantitative estimate of drug-likeness (QED) is 0.636. The molecule has 0 saturated heterocycles. The van der Waals surface area contributed by atoms with E-state index < -0.39 is 4.92 Å². The van der Waals surface area contributed by atoms with Crippen molar-refractivity contribution in [3.8, 4) is 0 Å². The van der Waals surface area contributed by atoms with Crippen molar-refractivity contribution in [1.29, 1.82) is 0 Å². The fourth-order valence-electron chi connectivity index (χ4n) is 2.49. The van der Waals surface area contributed by atoms with Gasteiger partial charge >= 0.3 is 0 Å². The molecule has 1 aromatic heterocycles. The van der Waals surface area contributed by atoms with Crippen LogP contribution < -0.4 is 4.90 Å². The van der Waals surface area contributed by atoms with Gasteiger partial charge in [0.1, 0.15) is 5.76 Å². The zero-order chi connectivity index (χ0) is 15.0. The number of carbonyl (C=O) groups is 1. The molecule has 21 heavy (non-hydrogen) atoms. The fraction of sp³-hybridized carbons (Fsp3) is 0.286. The number of rotatable bonds is 3. The summed E-state index contributed by atoms with van der Waals surface area (Å²) in [4.78, 5) is 24.3. The molecule has 1 amide bonds. The molecule has 0 bridgehead atoms. The van der Waals surface area contributed by atoms with Crippen LogP contribution in [0.15, 0.2) is 28.8 Å². The predicted octanol–water partition coefficient (Wildman–Crippen LogP) is 2.02. The number of nitro groups is 1. The smallest absolute Gasteiger partial charge is 0.271 e. The number of fused-ring (bicyclic) bond motifs is 1. The summed E-state index contributed by atoms with van der Waals surface area (Å²) in [6.07, 6.45) is 0.830. The number of carbonyl (C=O) groups excluding carboxylic acids is 1. The second-order valence-electron chi connectivity index (χ2n) is 4.97. The summed E-state index contributed by atoms with van der Waals surface area (Å²) in [5.74, 6) is 0.512. The molecule has 0 saturated carbocycles. The Morgan fingerprint density at radius 3 is 2.95 bits per heavy atom. The maximum Gasteiger partial charge on any atom is 0.271 e. The van der Waals surface area contributed by atoms with E-state index in [1.165, 1.54) is 12.1 Å². The van der Waals surface area contributed by atoms with Gasteiger partial charge in [0.05, 0.1) is 22.7 Å². The summed E-state index contributed by atoms with van der Waals surface area (Å²) in [6.45, 7) is 2.29. The van der Waals surface area contributed by atoms with Gasteiger partial charge in [0.25, 0.3) is 5.69 Å². The Bertz CT molecular complexity index is 723. The van der Waals surface area contributed by atoms with E-state index in [1.54, 1.807) is 24.0 Å². The van der Waals surface area contributed by atoms with E-state index in [9.17, 15) is 14.9 Å². The van der Waals surface area contributed by atoms with E-state index in [1.807, 2.05) is 0 Å². The highest BCUT2D eigenvalue weighted by atomic mass is 16.6. The molecule has 0 N–H and O–H groups in total. The van der Waals surface area contributed by atoms with Crippen molar-refractivity contribution < 1.29 is 14.2 Å². The molecule has 1 aliphatic rings. The van der Waals surface area contributed by atoms with Gasteiger partial charge in [0.2, 0.25) is 5.91 Å². The third-order valence-corrected chi connectivity index (χ3v) is 3.49. The van der Waals surface area contributed by atoms with Crippen LogP contribution in [0.1, 0.15) is 17.0 Å². The van der Waals surface area contributed by atoms with E-state index in [-0.39, 0.29) is 18.0 Å². The molecule has 2 heterocycles. The highest BCUT2D eigenvalue weighted by Crippen LogP contribution is 2.32. The van der Waals surface area contributed by atoms with Crippen molar-refractivity contribution in [2.75, 3.05) is 11.4 Å². The van der Waals surface area contributed by atoms with Crippen LogP contribution in [0.25, 0.3) is 0 Å². The van der Waals surface area contributed by atoms with E-state index >= 15 is 0 Å². The van der Waals surface area contributed by atoms with Crippen molar-refractivity contribution in [3.05, 3.63) is 51.4 Å². The lowest BCUT2D eigenvalue weighted by Gasteiger charge is -2.16. The number of hydrogen-bond donors (Lipinski definition) is 0. The second-order valence-corrected chi connectivity index (χ2v) is 4.97. The summed E-state index contributed by atoms with van der Waals surface area (Å²) in [5, 5.41) is 14.6. The largest absolute Gasteiger partial charge is 0.361 e. The second kappa shape index (κ2) is 5.01. The molecule has 1 aliphatic heterocycles. The standard InChI is InChI=1S/C14H13N3O4/c1-9-6-11(15-21-9)7-14(18)16-5-4-10-2-3-12(17(19)20)8-13(10)16/h2-3,6,8H,4-5,7H2,1H3. The van der Waals surface area contributed by atoms with Gasteiger partial charge in [-0.05, 0) is 18.9 Å². The van der Waals surface area contributed by atoms with E-state index in [0.29, 0.717) is 30.1 Å². The van der Waals surface area contributed by atoms with Crippen molar-refractivity contribution in [3.63, 3.8) is 0 Å². The Balaban J connectivity index is 1.84. The molecule has 7 heteroatoms. The molecule has 0 radical (unpaired) electrons. The van der Waals surface area contributed by atoms with E-state index in [4.69, 9.17) is 4.52 Å². The number of anilines is 1. The zero-order valence-electron chi connectivity index (χ0n) is 11.4. The van der Waals surface area contributed by atoms with Crippen LogP contribution >= 0.6 is 0 Å². The first-order valence-electron chi connectivity index (χ1n) is 6.54. The third kappa shape index (κ3) is 2.49. The van der Waals surface area contributed by atoms with Gasteiger partial charge in [0.15, 0.2) is 0 Å². The summed E-state index contributed by atoms with van der Waals surface area (Å²) >= 11 is 0. The average Bonchev–Trinajstić information content (AvgIpc) is 3.04. The monoisotopic (exact) mass is 287 g/mol. The van der Waals surface area contributed by atoms with Crippen molar-refractivity contribution in [2.24, 2.45) is 0 Å². The Labute approximate surface area is 120 Å². The van der Waals surface area contributed by atoms with Gasteiger partial charge in [-0.1, -0.05) is 11.2 Å². The van der Waals surface area contributed by atoms with Crippen molar-refractivity contribution >= 4 is 17.3 Å². The number of nitro benzene ring substituents is 1. The minimum absolute atomic E-state index is 0.00858. The van der Waals surface area contributed by atoms with Crippen LogP contribution in [0.5, 0.6) is 0 Å². The lowest BCUT2D eigenvalue weighted by atomic mass is 10.1. The number of aryl methyl sites for hydroxylation is 1. The summed E-state index contributed by atoms with van der Waals surface area (Å²) in [6, 6.07) is 6.34. The van der Waals surface area contributed by atoms with Crippen LogP contribution in [0.2, 0.25) is 0 Å². The number of hydrogen-bond acceptors (Lipinski definition) is 5. The number of aromatic nitrogens is 1. The summed E-state index contributed by atoms with van der Waals surface area (Å²) in [7, 11) is 0. The first-order valence-corrected chi connectivity index (χ1v) is 6.54. The average molecular weight is 287 g/mol. The summed E-state index contributed by atoms with van der Waals surface area (Å²) < 4.78 is 4.94. The molecular weight excluding hydrogens is 274 g/mol.